The molecule has 1 atom stereocenters. The standard InChI is InChI=1S/C59H114O6/c1-5-7-9-11-13-14-15-16-17-18-19-24-27-30-33-36-40-44-48-52-59(62)65-56(53-63-57(60)50-46-42-37-12-10-8-6-2)54-64-58(61)51-47-43-39-35-32-29-26-23-21-20-22-25-28-31-34-38-41-45-49-55(3)4/h55-56H,5-54H2,1-4H3/t56-/m0/s1. The topological polar surface area (TPSA) is 78.9 Å². The van der Waals surface area contributed by atoms with Crippen molar-refractivity contribution < 1.29 is 28.6 Å². The number of carbonyl (C=O) groups excluding carboxylic acids is 3. The molecule has 0 rings (SSSR count). The van der Waals surface area contributed by atoms with Crippen LogP contribution in [0.4, 0.5) is 0 Å². The van der Waals surface area contributed by atoms with E-state index in [-0.39, 0.29) is 31.1 Å². The fourth-order valence-electron chi connectivity index (χ4n) is 9.10. The molecule has 0 heterocycles. The van der Waals surface area contributed by atoms with E-state index in [0.29, 0.717) is 19.3 Å². The lowest BCUT2D eigenvalue weighted by molar-refractivity contribution is -0.167. The molecule has 386 valence electrons. The summed E-state index contributed by atoms with van der Waals surface area (Å²) in [5.74, 6) is 0.0162. The van der Waals surface area contributed by atoms with Gasteiger partial charge in [0.15, 0.2) is 6.10 Å². The lowest BCUT2D eigenvalue weighted by Crippen LogP contribution is -2.30. The lowest BCUT2D eigenvalue weighted by Gasteiger charge is -2.18. The van der Waals surface area contributed by atoms with E-state index in [1.54, 1.807) is 0 Å². The van der Waals surface area contributed by atoms with E-state index in [0.717, 1.165) is 63.7 Å². The first-order valence-corrected chi connectivity index (χ1v) is 29.4. The van der Waals surface area contributed by atoms with Crippen LogP contribution in [0.15, 0.2) is 0 Å². The van der Waals surface area contributed by atoms with Gasteiger partial charge in [-0.15, -0.1) is 0 Å². The minimum absolute atomic E-state index is 0.0623. The van der Waals surface area contributed by atoms with Crippen LogP contribution in [0.25, 0.3) is 0 Å². The Labute approximate surface area is 406 Å². The second kappa shape index (κ2) is 53.4. The molecular weight excluding hydrogens is 805 g/mol. The molecule has 0 aromatic heterocycles. The van der Waals surface area contributed by atoms with Gasteiger partial charge in [0, 0.05) is 19.3 Å². The summed E-state index contributed by atoms with van der Waals surface area (Å²) in [7, 11) is 0. The highest BCUT2D eigenvalue weighted by molar-refractivity contribution is 5.71. The van der Waals surface area contributed by atoms with Gasteiger partial charge in [-0.05, 0) is 25.2 Å². The van der Waals surface area contributed by atoms with Crippen molar-refractivity contribution in [3.05, 3.63) is 0 Å². The van der Waals surface area contributed by atoms with Crippen LogP contribution < -0.4 is 0 Å². The normalized spacial score (nSPS) is 12.0. The van der Waals surface area contributed by atoms with Crippen molar-refractivity contribution in [1.29, 1.82) is 0 Å². The third-order valence-electron chi connectivity index (χ3n) is 13.5. The second-order valence-electron chi connectivity index (χ2n) is 20.8. The molecule has 0 aliphatic carbocycles. The fourth-order valence-corrected chi connectivity index (χ4v) is 9.10. The Morgan fingerprint density at radius 1 is 0.292 bits per heavy atom. The van der Waals surface area contributed by atoms with Gasteiger partial charge >= 0.3 is 17.9 Å². The minimum Gasteiger partial charge on any atom is -0.462 e. The summed E-state index contributed by atoms with van der Waals surface area (Å²) < 4.78 is 16.8. The number of hydrogen-bond acceptors (Lipinski definition) is 6. The van der Waals surface area contributed by atoms with Crippen molar-refractivity contribution in [2.24, 2.45) is 5.92 Å². The van der Waals surface area contributed by atoms with Crippen LogP contribution in [0.2, 0.25) is 0 Å². The van der Waals surface area contributed by atoms with Gasteiger partial charge in [0.05, 0.1) is 0 Å². The number of carbonyl (C=O) groups is 3. The van der Waals surface area contributed by atoms with E-state index < -0.39 is 6.10 Å². The quantitative estimate of drug-likeness (QED) is 0.0344. The van der Waals surface area contributed by atoms with Crippen LogP contribution in [0.3, 0.4) is 0 Å². The van der Waals surface area contributed by atoms with E-state index in [1.165, 1.54) is 231 Å². The van der Waals surface area contributed by atoms with Crippen molar-refractivity contribution in [2.45, 2.75) is 342 Å². The van der Waals surface area contributed by atoms with E-state index in [1.807, 2.05) is 0 Å². The van der Waals surface area contributed by atoms with Gasteiger partial charge in [-0.25, -0.2) is 0 Å². The van der Waals surface area contributed by atoms with Crippen LogP contribution >= 0.6 is 0 Å². The molecule has 0 saturated heterocycles. The summed E-state index contributed by atoms with van der Waals surface area (Å²) >= 11 is 0. The summed E-state index contributed by atoms with van der Waals surface area (Å²) in [5.41, 5.74) is 0. The summed E-state index contributed by atoms with van der Waals surface area (Å²) in [6.45, 7) is 9.04. The zero-order chi connectivity index (χ0) is 47.4. The average Bonchev–Trinajstić information content (AvgIpc) is 3.29. The van der Waals surface area contributed by atoms with Crippen molar-refractivity contribution in [3.8, 4) is 0 Å². The minimum atomic E-state index is -0.760. The van der Waals surface area contributed by atoms with E-state index in [9.17, 15) is 14.4 Å². The molecule has 0 saturated carbocycles. The number of unbranched alkanes of at least 4 members (excludes halogenated alkanes) is 41. The molecule has 0 radical (unpaired) electrons. The van der Waals surface area contributed by atoms with Crippen molar-refractivity contribution in [1.82, 2.24) is 0 Å². The van der Waals surface area contributed by atoms with Crippen LogP contribution in [0.1, 0.15) is 336 Å². The van der Waals surface area contributed by atoms with Crippen LogP contribution in [0.5, 0.6) is 0 Å². The van der Waals surface area contributed by atoms with E-state index in [4.69, 9.17) is 14.2 Å². The number of ether oxygens (including phenoxy) is 3. The zero-order valence-electron chi connectivity index (χ0n) is 44.5. The predicted molar refractivity (Wildman–Crippen MR) is 280 cm³/mol. The third kappa shape index (κ3) is 53.2. The number of hydrogen-bond donors (Lipinski definition) is 0. The summed E-state index contributed by atoms with van der Waals surface area (Å²) in [4.78, 5) is 38.0. The van der Waals surface area contributed by atoms with Gasteiger partial charge in [0.2, 0.25) is 0 Å². The molecule has 0 bridgehead atoms. The van der Waals surface area contributed by atoms with Crippen molar-refractivity contribution >= 4 is 17.9 Å². The van der Waals surface area contributed by atoms with Gasteiger partial charge in [-0.1, -0.05) is 297 Å². The monoisotopic (exact) mass is 919 g/mol. The second-order valence-corrected chi connectivity index (χ2v) is 20.8. The van der Waals surface area contributed by atoms with Gasteiger partial charge in [0.1, 0.15) is 13.2 Å². The van der Waals surface area contributed by atoms with Gasteiger partial charge in [0.25, 0.3) is 0 Å². The molecule has 0 aliphatic heterocycles. The maximum absolute atomic E-state index is 12.8. The molecule has 0 fully saturated rings. The van der Waals surface area contributed by atoms with E-state index in [2.05, 4.69) is 27.7 Å². The predicted octanol–water partition coefficient (Wildman–Crippen LogP) is 19.4. The Hall–Kier alpha value is -1.59. The molecule has 6 nitrogen and oxygen atoms in total. The molecule has 6 heteroatoms. The Morgan fingerprint density at radius 3 is 0.754 bits per heavy atom. The van der Waals surface area contributed by atoms with Gasteiger partial charge in [-0.3, -0.25) is 14.4 Å². The lowest BCUT2D eigenvalue weighted by atomic mass is 10.0. The van der Waals surface area contributed by atoms with Crippen molar-refractivity contribution in [3.63, 3.8) is 0 Å². The largest absolute Gasteiger partial charge is 0.462 e. The highest BCUT2D eigenvalue weighted by Gasteiger charge is 2.19. The smallest absolute Gasteiger partial charge is 0.306 e. The molecule has 65 heavy (non-hydrogen) atoms. The highest BCUT2D eigenvalue weighted by Crippen LogP contribution is 2.18. The molecule has 0 aliphatic rings. The summed E-state index contributed by atoms with van der Waals surface area (Å²) in [6, 6.07) is 0. The first-order chi connectivity index (χ1) is 31.9. The maximum atomic E-state index is 12.8. The Morgan fingerprint density at radius 2 is 0.508 bits per heavy atom. The van der Waals surface area contributed by atoms with Crippen LogP contribution in [-0.2, 0) is 28.6 Å². The Bertz CT molecular complexity index is 980. The zero-order valence-corrected chi connectivity index (χ0v) is 44.5. The van der Waals surface area contributed by atoms with E-state index >= 15 is 0 Å². The number of rotatable bonds is 54. The maximum Gasteiger partial charge on any atom is 0.306 e. The first kappa shape index (κ1) is 63.4. The van der Waals surface area contributed by atoms with Crippen molar-refractivity contribution in [2.75, 3.05) is 13.2 Å². The van der Waals surface area contributed by atoms with Crippen LogP contribution in [-0.4, -0.2) is 37.2 Å². The molecule has 0 aromatic rings. The Balaban J connectivity index is 4.11. The third-order valence-corrected chi connectivity index (χ3v) is 13.5. The van der Waals surface area contributed by atoms with Gasteiger partial charge < -0.3 is 14.2 Å². The van der Waals surface area contributed by atoms with Gasteiger partial charge in [-0.2, -0.15) is 0 Å². The molecule has 0 unspecified atom stereocenters. The fraction of sp³-hybridized carbons (Fsp3) is 0.949. The molecule has 0 N–H and O–H groups in total. The SMILES string of the molecule is CCCCCCCCCCCCCCCCCCCCCC(=O)O[C@@H](COC(=O)CCCCCCCCC)COC(=O)CCCCCCCCCCCCCCCCCCCCC(C)C. The molecule has 0 amide bonds. The van der Waals surface area contributed by atoms with Crippen LogP contribution in [0, 0.1) is 5.92 Å². The average molecular weight is 920 g/mol. The molecule has 0 aromatic carbocycles. The summed E-state index contributed by atoms with van der Waals surface area (Å²) in [6.07, 6.45) is 58.3. The molecule has 0 spiro atoms. The summed E-state index contributed by atoms with van der Waals surface area (Å²) in [5, 5.41) is 0. The molecular formula is C59H114O6. The number of esters is 3. The first-order valence-electron chi connectivity index (χ1n) is 29.4. The highest BCUT2D eigenvalue weighted by atomic mass is 16.6. The Kier molecular flexibility index (Phi) is 52.1.